The minimum atomic E-state index is -0.527. The molecular weight excluding hydrogens is 260 g/mol. The van der Waals surface area contributed by atoms with Gasteiger partial charge in [-0.1, -0.05) is 0 Å². The van der Waals surface area contributed by atoms with Crippen LogP contribution in [0.2, 0.25) is 0 Å². The summed E-state index contributed by atoms with van der Waals surface area (Å²) in [6, 6.07) is -0.214. The Bertz CT molecular complexity index is 315. The molecule has 2 atom stereocenters. The normalized spacial score (nSPS) is 23.4. The first-order valence-corrected chi connectivity index (χ1v) is 7.09. The van der Waals surface area contributed by atoms with Crippen molar-refractivity contribution in [1.82, 2.24) is 9.80 Å². The third-order valence-electron chi connectivity index (χ3n) is 3.11. The number of hydrogen-bond acceptors (Lipinski definition) is 5. The molecule has 0 aromatic carbocycles. The van der Waals surface area contributed by atoms with E-state index in [0.717, 1.165) is 6.54 Å². The van der Waals surface area contributed by atoms with Crippen molar-refractivity contribution in [2.45, 2.75) is 44.9 Å². The van der Waals surface area contributed by atoms with Gasteiger partial charge in [0.15, 0.2) is 0 Å². The molecule has 1 aliphatic rings. The Morgan fingerprint density at radius 1 is 1.40 bits per heavy atom. The summed E-state index contributed by atoms with van der Waals surface area (Å²) in [7, 11) is 3.98. The van der Waals surface area contributed by atoms with Gasteiger partial charge in [0.25, 0.3) is 0 Å². The van der Waals surface area contributed by atoms with E-state index in [1.807, 2.05) is 39.8 Å². The highest BCUT2D eigenvalue weighted by Crippen LogP contribution is 2.22. The second-order valence-corrected chi connectivity index (χ2v) is 6.50. The third kappa shape index (κ3) is 5.64. The van der Waals surface area contributed by atoms with E-state index in [2.05, 4.69) is 0 Å². The lowest BCUT2D eigenvalue weighted by Gasteiger charge is -2.27. The van der Waals surface area contributed by atoms with Crippen molar-refractivity contribution in [3.05, 3.63) is 0 Å². The van der Waals surface area contributed by atoms with Crippen molar-refractivity contribution in [2.75, 3.05) is 40.4 Å². The van der Waals surface area contributed by atoms with Crippen LogP contribution < -0.4 is 0 Å². The number of amides is 1. The zero-order valence-electron chi connectivity index (χ0n) is 13.3. The van der Waals surface area contributed by atoms with E-state index in [9.17, 15) is 9.90 Å². The van der Waals surface area contributed by atoms with Gasteiger partial charge in [0.05, 0.1) is 31.9 Å². The van der Waals surface area contributed by atoms with Crippen LogP contribution >= 0.6 is 0 Å². The monoisotopic (exact) mass is 288 g/mol. The molecule has 1 fully saturated rings. The van der Waals surface area contributed by atoms with Crippen LogP contribution in [0.25, 0.3) is 0 Å². The van der Waals surface area contributed by atoms with Gasteiger partial charge in [-0.3, -0.25) is 0 Å². The molecule has 0 aromatic heterocycles. The molecule has 20 heavy (non-hydrogen) atoms. The van der Waals surface area contributed by atoms with Gasteiger partial charge in [-0.15, -0.1) is 0 Å². The van der Waals surface area contributed by atoms with Crippen LogP contribution in [-0.2, 0) is 9.47 Å². The highest BCUT2D eigenvalue weighted by molar-refractivity contribution is 5.69. The fraction of sp³-hybridized carbons (Fsp3) is 0.929. The second-order valence-electron chi connectivity index (χ2n) is 6.50. The average Bonchev–Trinajstić information content (AvgIpc) is 2.69. The van der Waals surface area contributed by atoms with Gasteiger partial charge in [0, 0.05) is 6.54 Å². The highest BCUT2D eigenvalue weighted by Gasteiger charge is 2.37. The summed E-state index contributed by atoms with van der Waals surface area (Å²) < 4.78 is 11.1. The second kappa shape index (κ2) is 7.24. The van der Waals surface area contributed by atoms with Crippen LogP contribution in [0.15, 0.2) is 0 Å². The Morgan fingerprint density at radius 3 is 2.55 bits per heavy atom. The number of carbonyl (C=O) groups excluding carboxylic acids is 1. The smallest absolute Gasteiger partial charge is 0.410 e. The first-order chi connectivity index (χ1) is 9.23. The molecule has 1 N–H and O–H groups in total. The maximum absolute atomic E-state index is 12.1. The Labute approximate surface area is 121 Å². The molecule has 1 heterocycles. The summed E-state index contributed by atoms with van der Waals surface area (Å²) >= 11 is 0. The van der Waals surface area contributed by atoms with Crippen molar-refractivity contribution in [3.63, 3.8) is 0 Å². The molecule has 1 aliphatic heterocycles. The number of aliphatic hydroxyl groups excluding tert-OH is 1. The summed E-state index contributed by atoms with van der Waals surface area (Å²) in [5, 5.41) is 9.40. The summed E-state index contributed by atoms with van der Waals surface area (Å²) in [5.41, 5.74) is -0.527. The van der Waals surface area contributed by atoms with Gasteiger partial charge >= 0.3 is 6.09 Å². The number of rotatable bonds is 5. The van der Waals surface area contributed by atoms with E-state index in [1.54, 1.807) is 4.90 Å². The molecule has 1 unspecified atom stereocenters. The maximum Gasteiger partial charge on any atom is 0.410 e. The molecule has 1 saturated heterocycles. The summed E-state index contributed by atoms with van der Waals surface area (Å²) in [5.74, 6) is 0. The number of nitrogens with zero attached hydrogens (tertiary/aromatic N) is 2. The van der Waals surface area contributed by atoms with Gasteiger partial charge in [0.1, 0.15) is 5.60 Å². The zero-order chi connectivity index (χ0) is 15.3. The van der Waals surface area contributed by atoms with Crippen molar-refractivity contribution < 1.29 is 19.4 Å². The van der Waals surface area contributed by atoms with E-state index in [4.69, 9.17) is 9.47 Å². The van der Waals surface area contributed by atoms with Crippen LogP contribution in [0.5, 0.6) is 0 Å². The number of likely N-dealkylation sites (tertiary alicyclic amines) is 1. The van der Waals surface area contributed by atoms with Gasteiger partial charge in [-0.05, 0) is 41.3 Å². The summed E-state index contributed by atoms with van der Waals surface area (Å²) in [4.78, 5) is 15.7. The zero-order valence-corrected chi connectivity index (χ0v) is 13.3. The Balaban J connectivity index is 2.49. The molecule has 0 radical (unpaired) electrons. The number of carbonyl (C=O) groups is 1. The van der Waals surface area contributed by atoms with Crippen LogP contribution in [0.4, 0.5) is 4.79 Å². The predicted molar refractivity (Wildman–Crippen MR) is 76.7 cm³/mol. The molecule has 6 nitrogen and oxygen atoms in total. The van der Waals surface area contributed by atoms with Crippen LogP contribution in [-0.4, -0.2) is 79.1 Å². The number of hydrogen-bond donors (Lipinski definition) is 1. The molecule has 0 aliphatic carbocycles. The van der Waals surface area contributed by atoms with Crippen LogP contribution in [0.3, 0.4) is 0 Å². The average molecular weight is 288 g/mol. The summed E-state index contributed by atoms with van der Waals surface area (Å²) in [6.45, 7) is 7.38. The van der Waals surface area contributed by atoms with Gasteiger partial charge in [0.2, 0.25) is 0 Å². The number of aliphatic hydroxyl groups is 1. The van der Waals surface area contributed by atoms with Gasteiger partial charge in [-0.2, -0.15) is 0 Å². The molecule has 0 saturated carbocycles. The lowest BCUT2D eigenvalue weighted by atomic mass is 10.2. The van der Waals surface area contributed by atoms with Crippen molar-refractivity contribution in [3.8, 4) is 0 Å². The van der Waals surface area contributed by atoms with Gasteiger partial charge < -0.3 is 24.4 Å². The molecule has 1 amide bonds. The van der Waals surface area contributed by atoms with Gasteiger partial charge in [-0.25, -0.2) is 4.79 Å². The van der Waals surface area contributed by atoms with E-state index in [1.165, 1.54) is 0 Å². The molecule has 1 rings (SSSR count). The first kappa shape index (κ1) is 17.2. The van der Waals surface area contributed by atoms with E-state index in [0.29, 0.717) is 19.6 Å². The van der Waals surface area contributed by atoms with Crippen LogP contribution in [0, 0.1) is 0 Å². The lowest BCUT2D eigenvalue weighted by molar-refractivity contribution is 0.0127. The molecule has 0 aromatic rings. The largest absolute Gasteiger partial charge is 0.444 e. The molecule has 118 valence electrons. The quantitative estimate of drug-likeness (QED) is 0.815. The van der Waals surface area contributed by atoms with E-state index >= 15 is 0 Å². The molecular formula is C14H28N2O4. The number of likely N-dealkylation sites (N-methyl/N-ethyl adjacent to an activating group) is 1. The maximum atomic E-state index is 12.1. The predicted octanol–water partition coefficient (Wildman–Crippen LogP) is 0.935. The van der Waals surface area contributed by atoms with Crippen LogP contribution in [0.1, 0.15) is 27.2 Å². The minimum absolute atomic E-state index is 0.0281. The summed E-state index contributed by atoms with van der Waals surface area (Å²) in [6.07, 6.45) is 0.248. The minimum Gasteiger partial charge on any atom is -0.444 e. The fourth-order valence-corrected chi connectivity index (χ4v) is 2.11. The standard InChI is InChI=1S/C14H28N2O4/c1-14(2,3)20-13(18)16-9-12(8-11(16)10-17)19-7-6-15(4)5/h11-12,17H,6-10H2,1-5H3/t11-,12?/m0/s1. The SMILES string of the molecule is CN(C)CCOC1C[C@@H](CO)N(C(=O)OC(C)(C)C)C1. The molecule has 6 heteroatoms. The topological polar surface area (TPSA) is 62.2 Å². The van der Waals surface area contributed by atoms with E-state index < -0.39 is 5.60 Å². The molecule has 0 spiro atoms. The number of ether oxygens (including phenoxy) is 2. The van der Waals surface area contributed by atoms with E-state index in [-0.39, 0.29) is 24.8 Å². The Kier molecular flexibility index (Phi) is 6.23. The fourth-order valence-electron chi connectivity index (χ4n) is 2.11. The molecule has 0 bridgehead atoms. The van der Waals surface area contributed by atoms with Crippen molar-refractivity contribution >= 4 is 6.09 Å². The third-order valence-corrected chi connectivity index (χ3v) is 3.11. The Morgan fingerprint density at radius 2 is 2.05 bits per heavy atom. The van der Waals surface area contributed by atoms with Crippen molar-refractivity contribution in [2.24, 2.45) is 0 Å². The first-order valence-electron chi connectivity index (χ1n) is 7.09. The Hall–Kier alpha value is -0.850. The highest BCUT2D eigenvalue weighted by atomic mass is 16.6. The van der Waals surface area contributed by atoms with Crippen molar-refractivity contribution in [1.29, 1.82) is 0 Å². The lowest BCUT2D eigenvalue weighted by Crippen LogP contribution is -2.41.